The first kappa shape index (κ1) is 15.0. The fourth-order valence-electron chi connectivity index (χ4n) is 1.70. The molecule has 0 heterocycles. The van der Waals surface area contributed by atoms with Crippen LogP contribution in [0.4, 0.5) is 10.1 Å². The van der Waals surface area contributed by atoms with Crippen molar-refractivity contribution in [2.45, 2.75) is 11.4 Å². The van der Waals surface area contributed by atoms with Crippen LogP contribution in [0.15, 0.2) is 47.4 Å². The Bertz CT molecular complexity index is 776. The zero-order valence-electron chi connectivity index (χ0n) is 10.9. The Balaban J connectivity index is 2.15. The van der Waals surface area contributed by atoms with Crippen molar-refractivity contribution >= 4 is 15.7 Å². The standard InChI is InChI=1S/C14H12FN3O2S/c15-12-5-13(17)7-14(6-12)21(19,20)18-9-11-3-1-10(8-16)2-4-11/h1-7,18H,9,17H2. The predicted molar refractivity (Wildman–Crippen MR) is 76.0 cm³/mol. The second-order valence-corrected chi connectivity index (χ2v) is 6.12. The molecular formula is C14H12FN3O2S. The van der Waals surface area contributed by atoms with Crippen molar-refractivity contribution < 1.29 is 12.8 Å². The van der Waals surface area contributed by atoms with Gasteiger partial charge in [0.2, 0.25) is 10.0 Å². The smallest absolute Gasteiger partial charge is 0.241 e. The summed E-state index contributed by atoms with van der Waals surface area (Å²) < 4.78 is 39.6. The van der Waals surface area contributed by atoms with Crippen LogP contribution < -0.4 is 10.5 Å². The van der Waals surface area contributed by atoms with Gasteiger partial charge in [0, 0.05) is 12.2 Å². The van der Waals surface area contributed by atoms with E-state index < -0.39 is 15.8 Å². The molecule has 0 bridgehead atoms. The quantitative estimate of drug-likeness (QED) is 0.841. The number of hydrogen-bond acceptors (Lipinski definition) is 4. The van der Waals surface area contributed by atoms with Gasteiger partial charge in [-0.1, -0.05) is 12.1 Å². The molecule has 3 N–H and O–H groups in total. The number of nitrogens with two attached hydrogens (primary N) is 1. The number of nitrogen functional groups attached to an aromatic ring is 1. The van der Waals surface area contributed by atoms with Gasteiger partial charge in [-0.25, -0.2) is 17.5 Å². The van der Waals surface area contributed by atoms with Crippen LogP contribution in [0.25, 0.3) is 0 Å². The molecule has 0 radical (unpaired) electrons. The highest BCUT2D eigenvalue weighted by atomic mass is 32.2. The average Bonchev–Trinajstić information content (AvgIpc) is 2.45. The topological polar surface area (TPSA) is 96.0 Å². The van der Waals surface area contributed by atoms with E-state index in [1.54, 1.807) is 24.3 Å². The third kappa shape index (κ3) is 3.78. The van der Waals surface area contributed by atoms with E-state index >= 15 is 0 Å². The molecule has 0 aliphatic carbocycles. The first-order valence-corrected chi connectivity index (χ1v) is 7.44. The van der Waals surface area contributed by atoms with Crippen LogP contribution in [-0.4, -0.2) is 8.42 Å². The summed E-state index contributed by atoms with van der Waals surface area (Å²) in [7, 11) is -3.85. The lowest BCUT2D eigenvalue weighted by Crippen LogP contribution is -2.23. The molecule has 108 valence electrons. The lowest BCUT2D eigenvalue weighted by molar-refractivity contribution is 0.577. The molecular weight excluding hydrogens is 293 g/mol. The second-order valence-electron chi connectivity index (χ2n) is 4.35. The van der Waals surface area contributed by atoms with Crippen LogP contribution >= 0.6 is 0 Å². The summed E-state index contributed by atoms with van der Waals surface area (Å²) in [6, 6.07) is 11.6. The van der Waals surface area contributed by atoms with E-state index in [-0.39, 0.29) is 17.1 Å². The van der Waals surface area contributed by atoms with Crippen LogP contribution in [0.2, 0.25) is 0 Å². The van der Waals surface area contributed by atoms with Crippen LogP contribution in [0.3, 0.4) is 0 Å². The van der Waals surface area contributed by atoms with Crippen LogP contribution in [0.1, 0.15) is 11.1 Å². The molecule has 0 fully saturated rings. The molecule has 0 aliphatic heterocycles. The lowest BCUT2D eigenvalue weighted by atomic mass is 10.1. The van der Waals surface area contributed by atoms with E-state index in [2.05, 4.69) is 4.72 Å². The van der Waals surface area contributed by atoms with Crippen molar-refractivity contribution in [2.24, 2.45) is 0 Å². The van der Waals surface area contributed by atoms with Gasteiger partial charge in [0.25, 0.3) is 0 Å². The number of hydrogen-bond donors (Lipinski definition) is 2. The molecule has 21 heavy (non-hydrogen) atoms. The third-order valence-electron chi connectivity index (χ3n) is 2.75. The van der Waals surface area contributed by atoms with E-state index in [4.69, 9.17) is 11.0 Å². The minimum Gasteiger partial charge on any atom is -0.399 e. The van der Waals surface area contributed by atoms with Gasteiger partial charge in [-0.05, 0) is 35.9 Å². The predicted octanol–water partition coefficient (Wildman–Crippen LogP) is 1.76. The van der Waals surface area contributed by atoms with Gasteiger partial charge >= 0.3 is 0 Å². The Morgan fingerprint density at radius 1 is 1.19 bits per heavy atom. The van der Waals surface area contributed by atoms with Crippen molar-refractivity contribution in [1.29, 1.82) is 5.26 Å². The van der Waals surface area contributed by atoms with Gasteiger partial charge in [0.1, 0.15) is 5.82 Å². The summed E-state index contributed by atoms with van der Waals surface area (Å²) in [5, 5.41) is 8.68. The van der Waals surface area contributed by atoms with Crippen molar-refractivity contribution in [3.8, 4) is 6.07 Å². The number of halogens is 1. The van der Waals surface area contributed by atoms with Crippen LogP contribution in [0, 0.1) is 17.1 Å². The molecule has 0 aromatic heterocycles. The van der Waals surface area contributed by atoms with Gasteiger partial charge < -0.3 is 5.73 Å². The van der Waals surface area contributed by atoms with Gasteiger partial charge in [-0.15, -0.1) is 0 Å². The Morgan fingerprint density at radius 2 is 1.86 bits per heavy atom. The van der Waals surface area contributed by atoms with Gasteiger partial charge in [0.05, 0.1) is 16.5 Å². The number of benzene rings is 2. The molecule has 2 aromatic carbocycles. The summed E-state index contributed by atoms with van der Waals surface area (Å²) in [6.07, 6.45) is 0. The zero-order chi connectivity index (χ0) is 15.5. The molecule has 0 saturated carbocycles. The molecule has 7 heteroatoms. The van der Waals surface area contributed by atoms with Gasteiger partial charge in [-0.2, -0.15) is 5.26 Å². The van der Waals surface area contributed by atoms with E-state index in [0.717, 1.165) is 12.1 Å². The van der Waals surface area contributed by atoms with Crippen molar-refractivity contribution in [1.82, 2.24) is 4.72 Å². The summed E-state index contributed by atoms with van der Waals surface area (Å²) in [5.41, 5.74) is 6.64. The average molecular weight is 305 g/mol. The molecule has 0 saturated heterocycles. The molecule has 0 amide bonds. The maximum absolute atomic E-state index is 13.2. The monoisotopic (exact) mass is 305 g/mol. The highest BCUT2D eigenvalue weighted by Gasteiger charge is 2.15. The fraction of sp³-hybridized carbons (Fsp3) is 0.0714. The first-order chi connectivity index (χ1) is 9.90. The summed E-state index contributed by atoms with van der Waals surface area (Å²) >= 11 is 0. The normalized spacial score (nSPS) is 11.0. The Labute approximate surface area is 121 Å². The van der Waals surface area contributed by atoms with Crippen LogP contribution in [0.5, 0.6) is 0 Å². The molecule has 0 atom stereocenters. The van der Waals surface area contributed by atoms with Gasteiger partial charge in [-0.3, -0.25) is 0 Å². The number of anilines is 1. The minimum atomic E-state index is -3.85. The summed E-state index contributed by atoms with van der Waals surface area (Å²) in [4.78, 5) is -0.228. The molecule has 2 rings (SSSR count). The molecule has 2 aromatic rings. The molecule has 0 spiro atoms. The van der Waals surface area contributed by atoms with Crippen molar-refractivity contribution in [3.05, 3.63) is 59.4 Å². The summed E-state index contributed by atoms with van der Waals surface area (Å²) in [6.45, 7) is 0.0322. The third-order valence-corrected chi connectivity index (χ3v) is 4.13. The Hall–Kier alpha value is -2.43. The van der Waals surface area contributed by atoms with E-state index in [0.29, 0.717) is 11.1 Å². The number of sulfonamides is 1. The summed E-state index contributed by atoms with van der Waals surface area (Å²) in [5.74, 6) is -0.714. The molecule has 5 nitrogen and oxygen atoms in total. The van der Waals surface area contributed by atoms with E-state index in [9.17, 15) is 12.8 Å². The highest BCUT2D eigenvalue weighted by molar-refractivity contribution is 7.89. The van der Waals surface area contributed by atoms with E-state index in [1.165, 1.54) is 6.07 Å². The number of nitrogens with one attached hydrogen (secondary N) is 1. The first-order valence-electron chi connectivity index (χ1n) is 5.95. The minimum absolute atomic E-state index is 0.0322. The Kier molecular flexibility index (Phi) is 4.21. The van der Waals surface area contributed by atoms with E-state index in [1.807, 2.05) is 6.07 Å². The zero-order valence-corrected chi connectivity index (χ0v) is 11.7. The van der Waals surface area contributed by atoms with Gasteiger partial charge in [0.15, 0.2) is 0 Å². The SMILES string of the molecule is N#Cc1ccc(CNS(=O)(=O)c2cc(N)cc(F)c2)cc1. The maximum Gasteiger partial charge on any atom is 0.241 e. The van der Waals surface area contributed by atoms with Crippen molar-refractivity contribution in [3.63, 3.8) is 0 Å². The number of rotatable bonds is 4. The molecule has 0 unspecified atom stereocenters. The maximum atomic E-state index is 13.2. The van der Waals surface area contributed by atoms with Crippen LogP contribution in [-0.2, 0) is 16.6 Å². The van der Waals surface area contributed by atoms with Crippen molar-refractivity contribution in [2.75, 3.05) is 5.73 Å². The second kappa shape index (κ2) is 5.91. The fourth-order valence-corrected chi connectivity index (χ4v) is 2.78. The number of nitriles is 1. The lowest BCUT2D eigenvalue weighted by Gasteiger charge is -2.08. The largest absolute Gasteiger partial charge is 0.399 e. The molecule has 0 aliphatic rings. The highest BCUT2D eigenvalue weighted by Crippen LogP contribution is 2.16. The Morgan fingerprint density at radius 3 is 2.43 bits per heavy atom. The number of nitrogens with zero attached hydrogens (tertiary/aromatic N) is 1.